The number of halogens is 4. The van der Waals surface area contributed by atoms with Crippen LogP contribution in [0, 0.1) is 0 Å². The van der Waals surface area contributed by atoms with Gasteiger partial charge < -0.3 is 9.47 Å². The molecule has 0 amide bonds. The van der Waals surface area contributed by atoms with Gasteiger partial charge in [-0.15, -0.1) is 0 Å². The fraction of sp³-hybridized carbons (Fsp3) is 0.400. The minimum absolute atomic E-state index is 0.699. The number of benzene rings is 2. The Hall–Kier alpha value is -0.0400. The molecule has 0 aliphatic heterocycles. The van der Waals surface area contributed by atoms with Gasteiger partial charge in [0.1, 0.15) is 11.5 Å². The summed E-state index contributed by atoms with van der Waals surface area (Å²) in [7, 11) is 0. The summed E-state index contributed by atoms with van der Waals surface area (Å²) in [6.07, 6.45) is 1.93. The van der Waals surface area contributed by atoms with Crippen molar-refractivity contribution in [1.29, 1.82) is 0 Å². The molecule has 0 spiro atoms. The molecule has 0 saturated heterocycles. The van der Waals surface area contributed by atoms with Gasteiger partial charge in [0.15, 0.2) is 0 Å². The van der Waals surface area contributed by atoms with Gasteiger partial charge in [0.05, 0.1) is 13.2 Å². The maximum atomic E-state index is 5.91. The Kier molecular flexibility index (Phi) is 10.6. The first-order valence-corrected chi connectivity index (χ1v) is 12.9. The number of unbranched alkanes of at least 4 members (excludes halogenated alkanes) is 1. The van der Waals surface area contributed by atoms with Crippen LogP contribution >= 0.6 is 63.7 Å². The Morgan fingerprint density at radius 3 is 1.08 bits per heavy atom. The fourth-order valence-corrected chi connectivity index (χ4v) is 3.81. The first-order chi connectivity index (χ1) is 12.7. The van der Waals surface area contributed by atoms with Crippen LogP contribution < -0.4 is 9.47 Å². The molecule has 0 unspecified atom stereocenters. The highest BCUT2D eigenvalue weighted by molar-refractivity contribution is 9.09. The normalized spacial score (nSPS) is 10.8. The molecule has 0 saturated carbocycles. The number of rotatable bonds is 11. The highest BCUT2D eigenvalue weighted by Crippen LogP contribution is 2.22. The monoisotopic (exact) mass is 610 g/mol. The Morgan fingerprint density at radius 2 is 0.808 bits per heavy atom. The van der Waals surface area contributed by atoms with Crippen LogP contribution in [-0.2, 0) is 21.3 Å². The molecule has 2 rings (SSSR count). The SMILES string of the molecule is BrCc1cc(CBr)cc(OCCCCOc2cc(CBr)cc(CBr)c2)c1. The van der Waals surface area contributed by atoms with Crippen molar-refractivity contribution in [2.24, 2.45) is 0 Å². The van der Waals surface area contributed by atoms with Gasteiger partial charge in [-0.05, 0) is 59.4 Å². The van der Waals surface area contributed by atoms with Crippen molar-refractivity contribution >= 4 is 63.7 Å². The van der Waals surface area contributed by atoms with E-state index in [2.05, 4.69) is 100 Å². The topological polar surface area (TPSA) is 18.5 Å². The van der Waals surface area contributed by atoms with Crippen LogP contribution in [0.1, 0.15) is 35.1 Å². The smallest absolute Gasteiger partial charge is 0.119 e. The van der Waals surface area contributed by atoms with Crippen LogP contribution in [0.2, 0.25) is 0 Å². The molecular weight excluding hydrogens is 592 g/mol. The lowest BCUT2D eigenvalue weighted by atomic mass is 10.1. The zero-order chi connectivity index (χ0) is 18.8. The standard InChI is InChI=1S/C20H22Br4O2/c21-11-15-5-16(12-22)8-19(7-15)25-3-1-2-4-26-20-9-17(13-23)6-18(10-20)14-24/h5-10H,1-4,11-14H2. The summed E-state index contributed by atoms with van der Waals surface area (Å²) in [6.45, 7) is 1.40. The van der Waals surface area contributed by atoms with Crippen molar-refractivity contribution < 1.29 is 9.47 Å². The van der Waals surface area contributed by atoms with Crippen LogP contribution in [0.4, 0.5) is 0 Å². The quantitative estimate of drug-likeness (QED) is 0.193. The van der Waals surface area contributed by atoms with E-state index in [1.807, 2.05) is 0 Å². The predicted octanol–water partition coefficient (Wildman–Crippen LogP) is 7.50. The molecule has 0 atom stereocenters. The maximum Gasteiger partial charge on any atom is 0.119 e. The average Bonchev–Trinajstić information content (AvgIpc) is 2.69. The van der Waals surface area contributed by atoms with Gasteiger partial charge in [-0.1, -0.05) is 75.9 Å². The molecule has 0 aliphatic rings. The average molecular weight is 614 g/mol. The number of hydrogen-bond acceptors (Lipinski definition) is 2. The molecule has 26 heavy (non-hydrogen) atoms. The lowest BCUT2D eigenvalue weighted by molar-refractivity contribution is 0.266. The Bertz CT molecular complexity index is 588. The summed E-state index contributed by atoms with van der Waals surface area (Å²) in [4.78, 5) is 0. The summed E-state index contributed by atoms with van der Waals surface area (Å²) in [5, 5.41) is 3.34. The van der Waals surface area contributed by atoms with E-state index in [1.165, 1.54) is 22.3 Å². The van der Waals surface area contributed by atoms with Crippen LogP contribution in [0.3, 0.4) is 0 Å². The van der Waals surface area contributed by atoms with Crippen molar-refractivity contribution in [2.45, 2.75) is 34.2 Å². The van der Waals surface area contributed by atoms with Gasteiger partial charge >= 0.3 is 0 Å². The van der Waals surface area contributed by atoms with Crippen molar-refractivity contribution in [3.8, 4) is 11.5 Å². The summed E-state index contributed by atoms with van der Waals surface area (Å²) >= 11 is 14.0. The molecule has 0 fully saturated rings. The zero-order valence-corrected chi connectivity index (χ0v) is 20.8. The highest BCUT2D eigenvalue weighted by atomic mass is 79.9. The van der Waals surface area contributed by atoms with E-state index in [9.17, 15) is 0 Å². The molecule has 2 nitrogen and oxygen atoms in total. The Labute approximate surface area is 189 Å². The lowest BCUT2D eigenvalue weighted by Gasteiger charge is -2.11. The third-order valence-corrected chi connectivity index (χ3v) is 6.34. The van der Waals surface area contributed by atoms with Gasteiger partial charge in [0.2, 0.25) is 0 Å². The molecule has 0 N–H and O–H groups in total. The van der Waals surface area contributed by atoms with Crippen LogP contribution in [0.25, 0.3) is 0 Å². The molecule has 0 bridgehead atoms. The molecule has 0 radical (unpaired) electrons. The number of alkyl halides is 4. The Morgan fingerprint density at radius 1 is 0.500 bits per heavy atom. The zero-order valence-electron chi connectivity index (χ0n) is 14.4. The van der Waals surface area contributed by atoms with Gasteiger partial charge in [-0.2, -0.15) is 0 Å². The second-order valence-electron chi connectivity index (χ2n) is 5.91. The summed E-state index contributed by atoms with van der Waals surface area (Å²) in [5.41, 5.74) is 4.92. The maximum absolute atomic E-state index is 5.91. The first kappa shape index (κ1) is 22.3. The van der Waals surface area contributed by atoms with Gasteiger partial charge in [-0.25, -0.2) is 0 Å². The van der Waals surface area contributed by atoms with Crippen LogP contribution in [-0.4, -0.2) is 13.2 Å². The van der Waals surface area contributed by atoms with Gasteiger partial charge in [0.25, 0.3) is 0 Å². The van der Waals surface area contributed by atoms with E-state index in [0.717, 1.165) is 45.7 Å². The lowest BCUT2D eigenvalue weighted by Crippen LogP contribution is -2.03. The van der Waals surface area contributed by atoms with Crippen LogP contribution in [0.5, 0.6) is 11.5 Å². The van der Waals surface area contributed by atoms with Crippen molar-refractivity contribution in [1.82, 2.24) is 0 Å². The van der Waals surface area contributed by atoms with Crippen LogP contribution in [0.15, 0.2) is 36.4 Å². The first-order valence-electron chi connectivity index (χ1n) is 8.43. The van der Waals surface area contributed by atoms with E-state index < -0.39 is 0 Å². The minimum atomic E-state index is 0.699. The molecule has 2 aromatic carbocycles. The third-order valence-electron chi connectivity index (χ3n) is 3.75. The summed E-state index contributed by atoms with van der Waals surface area (Å²) in [5.74, 6) is 1.87. The predicted molar refractivity (Wildman–Crippen MR) is 124 cm³/mol. The van der Waals surface area contributed by atoms with E-state index in [1.54, 1.807) is 0 Å². The largest absolute Gasteiger partial charge is 0.494 e. The molecule has 142 valence electrons. The molecule has 0 aromatic heterocycles. The molecule has 0 heterocycles. The third kappa shape index (κ3) is 7.53. The second kappa shape index (κ2) is 12.4. The minimum Gasteiger partial charge on any atom is -0.494 e. The molecule has 0 aliphatic carbocycles. The molecule has 2 aromatic rings. The molecule has 6 heteroatoms. The van der Waals surface area contributed by atoms with E-state index in [0.29, 0.717) is 13.2 Å². The number of hydrogen-bond donors (Lipinski definition) is 0. The van der Waals surface area contributed by atoms with E-state index in [4.69, 9.17) is 9.47 Å². The number of ether oxygens (including phenoxy) is 2. The van der Waals surface area contributed by atoms with Crippen molar-refractivity contribution in [2.75, 3.05) is 13.2 Å². The molecular formula is C20H22Br4O2. The van der Waals surface area contributed by atoms with Gasteiger partial charge in [-0.3, -0.25) is 0 Å². The van der Waals surface area contributed by atoms with E-state index >= 15 is 0 Å². The van der Waals surface area contributed by atoms with Crippen molar-refractivity contribution in [3.63, 3.8) is 0 Å². The van der Waals surface area contributed by atoms with E-state index in [-0.39, 0.29) is 0 Å². The van der Waals surface area contributed by atoms with Crippen molar-refractivity contribution in [3.05, 3.63) is 58.7 Å². The fourth-order valence-electron chi connectivity index (χ4n) is 2.52. The van der Waals surface area contributed by atoms with Gasteiger partial charge in [0, 0.05) is 21.3 Å². The summed E-state index contributed by atoms with van der Waals surface area (Å²) in [6, 6.07) is 12.7. The Balaban J connectivity index is 1.74. The summed E-state index contributed by atoms with van der Waals surface area (Å²) < 4.78 is 11.8. The second-order valence-corrected chi connectivity index (χ2v) is 8.15. The highest BCUT2D eigenvalue weighted by Gasteiger charge is 2.03.